The Hall–Kier alpha value is -1.38. The maximum absolute atomic E-state index is 11.3. The van der Waals surface area contributed by atoms with E-state index in [0.717, 1.165) is 12.8 Å². The van der Waals surface area contributed by atoms with Crippen molar-refractivity contribution in [3.05, 3.63) is 24.6 Å². The van der Waals surface area contributed by atoms with Gasteiger partial charge >= 0.3 is 0 Å². The smallest absolute Gasteiger partial charge is 0.228 e. The van der Waals surface area contributed by atoms with Crippen LogP contribution >= 0.6 is 0 Å². The molecule has 1 fully saturated rings. The lowest BCUT2D eigenvalue weighted by Crippen LogP contribution is -2.23. The summed E-state index contributed by atoms with van der Waals surface area (Å²) in [5.74, 6) is 0.841. The van der Waals surface area contributed by atoms with Gasteiger partial charge in [-0.05, 0) is 25.8 Å². The fourth-order valence-electron chi connectivity index (χ4n) is 0.942. The van der Waals surface area contributed by atoms with Crippen molar-refractivity contribution in [1.29, 1.82) is 0 Å². The molecule has 0 aromatic rings. The zero-order chi connectivity index (χ0) is 9.68. The number of amides is 1. The first-order valence-corrected chi connectivity index (χ1v) is 4.40. The van der Waals surface area contributed by atoms with E-state index in [4.69, 9.17) is 0 Å². The highest BCUT2D eigenvalue weighted by molar-refractivity contribution is 5.82. The lowest BCUT2D eigenvalue weighted by Gasteiger charge is -2.02. The first-order valence-electron chi connectivity index (χ1n) is 4.40. The third-order valence-electron chi connectivity index (χ3n) is 1.74. The van der Waals surface area contributed by atoms with Crippen molar-refractivity contribution in [3.63, 3.8) is 0 Å². The number of allylic oxidation sites excluding steroid dienone is 2. The topological polar surface area (TPSA) is 41.5 Å². The Balaban J connectivity index is 2.50. The summed E-state index contributed by atoms with van der Waals surface area (Å²) in [5.41, 5.74) is 0. The maximum atomic E-state index is 11.3. The van der Waals surface area contributed by atoms with E-state index in [-0.39, 0.29) is 11.8 Å². The molecule has 0 bridgehead atoms. The van der Waals surface area contributed by atoms with Gasteiger partial charge in [0.25, 0.3) is 0 Å². The fourth-order valence-corrected chi connectivity index (χ4v) is 0.942. The second-order valence-corrected chi connectivity index (χ2v) is 2.94. The molecule has 0 unspecified atom stereocenters. The van der Waals surface area contributed by atoms with Gasteiger partial charge in [-0.25, -0.2) is 4.99 Å². The van der Waals surface area contributed by atoms with Gasteiger partial charge in [-0.15, -0.1) is 0 Å². The summed E-state index contributed by atoms with van der Waals surface area (Å²) in [7, 11) is 0. The number of rotatable bonds is 4. The molecule has 1 amide bonds. The highest BCUT2D eigenvalue weighted by Crippen LogP contribution is 2.29. The van der Waals surface area contributed by atoms with Gasteiger partial charge in [-0.2, -0.15) is 0 Å². The maximum Gasteiger partial charge on any atom is 0.228 e. The van der Waals surface area contributed by atoms with Crippen LogP contribution in [-0.4, -0.2) is 12.1 Å². The van der Waals surface area contributed by atoms with Gasteiger partial charge in [0, 0.05) is 12.1 Å². The molecule has 3 nitrogen and oxygen atoms in total. The summed E-state index contributed by atoms with van der Waals surface area (Å²) in [6.45, 7) is 5.35. The van der Waals surface area contributed by atoms with Gasteiger partial charge in [0.05, 0.1) is 0 Å². The normalized spacial score (nSPS) is 17.5. The average molecular weight is 178 g/mol. The summed E-state index contributed by atoms with van der Waals surface area (Å²) in [6.07, 6.45) is 6.93. The molecule has 1 N–H and O–H groups in total. The average Bonchev–Trinajstić information content (AvgIpc) is 2.87. The highest BCUT2D eigenvalue weighted by Gasteiger charge is 2.29. The molecule has 0 heterocycles. The quantitative estimate of drug-likeness (QED) is 0.516. The molecule has 0 aromatic heterocycles. The minimum Gasteiger partial charge on any atom is -0.310 e. The first-order chi connectivity index (χ1) is 6.27. The van der Waals surface area contributed by atoms with Crippen LogP contribution in [-0.2, 0) is 4.79 Å². The van der Waals surface area contributed by atoms with Crippen molar-refractivity contribution in [1.82, 2.24) is 5.32 Å². The second-order valence-electron chi connectivity index (χ2n) is 2.94. The van der Waals surface area contributed by atoms with Crippen LogP contribution in [0.25, 0.3) is 0 Å². The summed E-state index contributed by atoms with van der Waals surface area (Å²) < 4.78 is 0. The summed E-state index contributed by atoms with van der Waals surface area (Å²) in [5, 5.41) is 2.73. The predicted octanol–water partition coefficient (Wildman–Crippen LogP) is 1.63. The van der Waals surface area contributed by atoms with Crippen LogP contribution in [0.4, 0.5) is 0 Å². The minimum absolute atomic E-state index is 0.0682. The third kappa shape index (κ3) is 3.23. The van der Waals surface area contributed by atoms with Crippen molar-refractivity contribution < 1.29 is 4.79 Å². The Kier molecular flexibility index (Phi) is 3.43. The van der Waals surface area contributed by atoms with Crippen molar-refractivity contribution in [2.75, 3.05) is 0 Å². The highest BCUT2D eigenvalue weighted by atomic mass is 16.2. The molecular weight excluding hydrogens is 164 g/mol. The molecule has 0 radical (unpaired) electrons. The predicted molar refractivity (Wildman–Crippen MR) is 53.3 cm³/mol. The van der Waals surface area contributed by atoms with E-state index in [0.29, 0.717) is 5.82 Å². The summed E-state index contributed by atoms with van der Waals surface area (Å²) in [6, 6.07) is 0. The van der Waals surface area contributed by atoms with Crippen LogP contribution in [0.1, 0.15) is 19.8 Å². The lowest BCUT2D eigenvalue weighted by molar-refractivity contribution is -0.121. The number of aliphatic imine (C=N–C) groups is 1. The molecule has 0 aliphatic heterocycles. The fraction of sp³-hybridized carbons (Fsp3) is 0.400. The van der Waals surface area contributed by atoms with E-state index in [9.17, 15) is 4.79 Å². The Morgan fingerprint density at radius 2 is 2.31 bits per heavy atom. The van der Waals surface area contributed by atoms with Crippen molar-refractivity contribution in [2.24, 2.45) is 10.9 Å². The molecule has 70 valence electrons. The van der Waals surface area contributed by atoms with Crippen LogP contribution in [0.2, 0.25) is 0 Å². The molecular formula is C10H14N2O. The van der Waals surface area contributed by atoms with E-state index in [1.165, 1.54) is 0 Å². The first kappa shape index (κ1) is 9.71. The van der Waals surface area contributed by atoms with Crippen LogP contribution in [0, 0.1) is 5.92 Å². The molecule has 0 atom stereocenters. The Labute approximate surface area is 78.2 Å². The van der Waals surface area contributed by atoms with Gasteiger partial charge in [0.1, 0.15) is 5.82 Å². The largest absolute Gasteiger partial charge is 0.310 e. The zero-order valence-corrected chi connectivity index (χ0v) is 7.79. The van der Waals surface area contributed by atoms with E-state index in [1.54, 1.807) is 25.3 Å². The monoisotopic (exact) mass is 178 g/mol. The van der Waals surface area contributed by atoms with Gasteiger partial charge in [0.15, 0.2) is 0 Å². The molecule has 0 saturated heterocycles. The SMILES string of the molecule is C=C/C=C(\N=C/C)NC(=O)C1CC1. The molecule has 0 aromatic carbocycles. The van der Waals surface area contributed by atoms with Crippen LogP contribution in [0.15, 0.2) is 29.5 Å². The second kappa shape index (κ2) is 4.60. The number of nitrogens with one attached hydrogen (secondary N) is 1. The third-order valence-corrected chi connectivity index (χ3v) is 1.74. The number of hydrogen-bond donors (Lipinski definition) is 1. The number of hydrogen-bond acceptors (Lipinski definition) is 2. The molecule has 3 heteroatoms. The molecule has 1 aliphatic carbocycles. The molecule has 1 saturated carbocycles. The van der Waals surface area contributed by atoms with E-state index in [2.05, 4.69) is 16.9 Å². The van der Waals surface area contributed by atoms with Crippen molar-refractivity contribution in [2.45, 2.75) is 19.8 Å². The van der Waals surface area contributed by atoms with Gasteiger partial charge in [-0.3, -0.25) is 4.79 Å². The van der Waals surface area contributed by atoms with Gasteiger partial charge < -0.3 is 5.32 Å². The van der Waals surface area contributed by atoms with Gasteiger partial charge in [0.2, 0.25) is 5.91 Å². The lowest BCUT2D eigenvalue weighted by atomic mass is 10.4. The number of carbonyl (C=O) groups excluding carboxylic acids is 1. The van der Waals surface area contributed by atoms with Crippen molar-refractivity contribution in [3.8, 4) is 0 Å². The van der Waals surface area contributed by atoms with Crippen molar-refractivity contribution >= 4 is 12.1 Å². The molecule has 1 rings (SSSR count). The number of carbonyl (C=O) groups is 1. The molecule has 1 aliphatic rings. The molecule has 0 spiro atoms. The van der Waals surface area contributed by atoms with Gasteiger partial charge in [-0.1, -0.05) is 12.7 Å². The van der Waals surface area contributed by atoms with Crippen LogP contribution < -0.4 is 5.32 Å². The minimum atomic E-state index is 0.0682. The number of nitrogens with zero attached hydrogens (tertiary/aromatic N) is 1. The Bertz CT molecular complexity index is 262. The van der Waals surface area contributed by atoms with Crippen LogP contribution in [0.3, 0.4) is 0 Å². The standard InChI is InChI=1S/C10H14N2O/c1-3-5-9(11-4-2)12-10(13)8-6-7-8/h3-5,8H,1,6-7H2,2H3,(H,12,13)/b9-5+,11-4-. The van der Waals surface area contributed by atoms with E-state index in [1.807, 2.05) is 0 Å². The molecule has 13 heavy (non-hydrogen) atoms. The van der Waals surface area contributed by atoms with Crippen LogP contribution in [0.5, 0.6) is 0 Å². The Morgan fingerprint density at radius 3 is 2.77 bits per heavy atom. The zero-order valence-electron chi connectivity index (χ0n) is 7.79. The van der Waals surface area contributed by atoms with E-state index < -0.39 is 0 Å². The summed E-state index contributed by atoms with van der Waals surface area (Å²) in [4.78, 5) is 15.3. The summed E-state index contributed by atoms with van der Waals surface area (Å²) >= 11 is 0. The Morgan fingerprint density at radius 1 is 1.62 bits per heavy atom. The van der Waals surface area contributed by atoms with E-state index >= 15 is 0 Å².